The van der Waals surface area contributed by atoms with Gasteiger partial charge < -0.3 is 57.6 Å². The number of nitrogens with one attached hydrogen (secondary N) is 1. The number of halogens is 5. The van der Waals surface area contributed by atoms with Crippen molar-refractivity contribution in [3.05, 3.63) is 65.0 Å². The molecule has 1 N–H and O–H groups in total. The van der Waals surface area contributed by atoms with E-state index in [0.29, 0.717) is 105 Å². The lowest BCUT2D eigenvalue weighted by Gasteiger charge is -2.30. The molecule has 82 heavy (non-hydrogen) atoms. The van der Waals surface area contributed by atoms with Crippen molar-refractivity contribution in [2.45, 2.75) is 161 Å². The van der Waals surface area contributed by atoms with Crippen LogP contribution in [0.2, 0.25) is 0 Å². The fourth-order valence-electron chi connectivity index (χ4n) is 8.26. The Morgan fingerprint density at radius 1 is 0.463 bits per heavy atom. The molecule has 0 aliphatic heterocycles. The second-order valence-electron chi connectivity index (χ2n) is 19.6. The zero-order valence-electron chi connectivity index (χ0n) is 48.7. The summed E-state index contributed by atoms with van der Waals surface area (Å²) in [6.07, 6.45) is 17.4. The van der Waals surface area contributed by atoms with Gasteiger partial charge in [0.15, 0.2) is 5.78 Å². The van der Waals surface area contributed by atoms with Gasteiger partial charge in [-0.25, -0.2) is 13.2 Å². The molecule has 2 aromatic carbocycles. The van der Waals surface area contributed by atoms with E-state index in [-0.39, 0.29) is 69.4 Å². The number of benzene rings is 2. The van der Waals surface area contributed by atoms with E-state index >= 15 is 0 Å². The molecule has 0 fully saturated rings. The van der Waals surface area contributed by atoms with Crippen molar-refractivity contribution in [2.24, 2.45) is 0 Å². The van der Waals surface area contributed by atoms with E-state index < -0.39 is 53.3 Å². The first-order valence-electron chi connectivity index (χ1n) is 29.5. The van der Waals surface area contributed by atoms with E-state index in [0.717, 1.165) is 69.8 Å². The summed E-state index contributed by atoms with van der Waals surface area (Å²) < 4.78 is 120. The second-order valence-corrected chi connectivity index (χ2v) is 19.6. The van der Waals surface area contributed by atoms with Gasteiger partial charge in [-0.3, -0.25) is 24.0 Å². The predicted molar refractivity (Wildman–Crippen MR) is 296 cm³/mol. The van der Waals surface area contributed by atoms with Crippen molar-refractivity contribution < 1.29 is 93.3 Å². The number of unbranched alkanes of at least 4 members (excludes halogenated alkanes) is 14. The number of Topliss-reactive ketones (excluding diaryl/α,β-unsaturated/α-hetero) is 1. The summed E-state index contributed by atoms with van der Waals surface area (Å²) in [4.78, 5) is 65.1. The molecule has 17 nitrogen and oxygen atoms in total. The molecule has 1 atom stereocenters. The third-order valence-electron chi connectivity index (χ3n) is 12.8. The molecule has 0 aromatic heterocycles. The standard InChI is InChI=1S/C60H93F5N2O15/c1-3-4-5-6-7-8-12-15-21-30-67(52(70)24-19-13-10-9-11-14-20-25-53(71)81-47-49-22-17-16-18-23-49)50(48(2)68)26-27-51(69)66-29-32-74-34-36-76-38-40-78-42-44-80-46-45-79-43-41-77-39-37-75-35-33-73-31-28-54(72)82-60-58(64)56(62)55(61)57(63)59(60)65/h16-18,22-23,50H,3-15,19-21,24-47H2,1-2H3,(H,66,69)/t50-/m0/s1. The average Bonchev–Trinajstić information content (AvgIpc) is 3.61. The Bertz CT molecular complexity index is 1980. The third-order valence-corrected chi connectivity index (χ3v) is 12.8. The Morgan fingerprint density at radius 3 is 1.35 bits per heavy atom. The van der Waals surface area contributed by atoms with Gasteiger partial charge >= 0.3 is 11.9 Å². The summed E-state index contributed by atoms with van der Waals surface area (Å²) in [5, 5.41) is 2.86. The number of ether oxygens (including phenoxy) is 10. The topological polar surface area (TPSA) is 193 Å². The van der Waals surface area contributed by atoms with Gasteiger partial charge in [0, 0.05) is 32.4 Å². The Morgan fingerprint density at radius 2 is 0.878 bits per heavy atom. The third kappa shape index (κ3) is 36.8. The Kier molecular flexibility index (Phi) is 44.5. The highest BCUT2D eigenvalue weighted by molar-refractivity contribution is 5.88. The smallest absolute Gasteiger partial charge is 0.313 e. The van der Waals surface area contributed by atoms with Crippen LogP contribution in [0.5, 0.6) is 5.75 Å². The number of nitrogens with zero attached hydrogens (tertiary/aromatic N) is 1. The first-order valence-corrected chi connectivity index (χ1v) is 29.5. The van der Waals surface area contributed by atoms with Crippen molar-refractivity contribution in [3.8, 4) is 5.75 Å². The van der Waals surface area contributed by atoms with E-state index in [9.17, 15) is 45.9 Å². The molecule has 468 valence electrons. The van der Waals surface area contributed by atoms with Crippen molar-refractivity contribution in [2.75, 3.05) is 119 Å². The number of amides is 2. The quantitative estimate of drug-likeness (QED) is 0.0164. The number of hydrogen-bond donors (Lipinski definition) is 1. The second kappa shape index (κ2) is 49.7. The molecular formula is C60H93F5N2O15. The van der Waals surface area contributed by atoms with E-state index in [1.165, 1.54) is 45.4 Å². The monoisotopic (exact) mass is 1180 g/mol. The SMILES string of the molecule is CCCCCCCCCCCN(C(=O)CCCCCCCCCC(=O)OCc1ccccc1)[C@@H](CCC(=O)NCCOCCOCCOCCOCCOCCOCCOCCOCCC(=O)Oc1c(F)c(F)c(F)c(F)c1F)C(C)=O. The van der Waals surface area contributed by atoms with Crippen molar-refractivity contribution in [3.63, 3.8) is 0 Å². The number of rotatable bonds is 55. The van der Waals surface area contributed by atoms with E-state index in [2.05, 4.69) is 17.0 Å². The van der Waals surface area contributed by atoms with E-state index in [4.69, 9.17) is 42.6 Å². The van der Waals surface area contributed by atoms with Crippen LogP contribution in [-0.2, 0) is 73.2 Å². The Hall–Kier alpha value is -4.68. The van der Waals surface area contributed by atoms with Gasteiger partial charge in [-0.15, -0.1) is 0 Å². The molecule has 0 radical (unpaired) electrons. The van der Waals surface area contributed by atoms with Crippen LogP contribution in [0.4, 0.5) is 22.0 Å². The van der Waals surface area contributed by atoms with Crippen LogP contribution in [0.1, 0.15) is 154 Å². The normalized spacial score (nSPS) is 11.7. The minimum absolute atomic E-state index is 0.0286. The molecule has 2 aromatic rings. The van der Waals surface area contributed by atoms with Crippen LogP contribution < -0.4 is 10.1 Å². The Labute approximate surface area is 482 Å². The maximum Gasteiger partial charge on any atom is 0.313 e. The summed E-state index contributed by atoms with van der Waals surface area (Å²) in [6, 6.07) is 9.00. The molecule has 0 heterocycles. The van der Waals surface area contributed by atoms with E-state index in [1.807, 2.05) is 30.3 Å². The molecule has 0 saturated carbocycles. The number of esters is 2. The van der Waals surface area contributed by atoms with Gasteiger partial charge in [0.1, 0.15) is 6.61 Å². The fourth-order valence-corrected chi connectivity index (χ4v) is 8.26. The van der Waals surface area contributed by atoms with Gasteiger partial charge in [0.05, 0.1) is 118 Å². The zero-order chi connectivity index (χ0) is 59.7. The van der Waals surface area contributed by atoms with Crippen LogP contribution in [0.15, 0.2) is 30.3 Å². The highest BCUT2D eigenvalue weighted by Gasteiger charge is 2.29. The number of hydrogen-bond acceptors (Lipinski definition) is 15. The molecule has 0 unspecified atom stereocenters. The molecular weight excluding hydrogens is 1080 g/mol. The fraction of sp³-hybridized carbons (Fsp3) is 0.717. The van der Waals surface area contributed by atoms with Gasteiger partial charge in [-0.05, 0) is 38.2 Å². The lowest BCUT2D eigenvalue weighted by atomic mass is 10.0. The number of carbonyl (C=O) groups is 5. The highest BCUT2D eigenvalue weighted by atomic mass is 19.2. The van der Waals surface area contributed by atoms with E-state index in [1.54, 1.807) is 4.90 Å². The van der Waals surface area contributed by atoms with Gasteiger partial charge in [0.2, 0.25) is 46.6 Å². The van der Waals surface area contributed by atoms with Gasteiger partial charge in [-0.1, -0.05) is 121 Å². The first kappa shape index (κ1) is 73.4. The molecule has 0 saturated heterocycles. The predicted octanol–water partition coefficient (Wildman–Crippen LogP) is 10.3. The van der Waals surface area contributed by atoms with Crippen molar-refractivity contribution in [1.29, 1.82) is 0 Å². The van der Waals surface area contributed by atoms with Gasteiger partial charge in [-0.2, -0.15) is 8.78 Å². The molecule has 0 spiro atoms. The van der Waals surface area contributed by atoms with Crippen molar-refractivity contribution in [1.82, 2.24) is 10.2 Å². The summed E-state index contributed by atoms with van der Waals surface area (Å²) in [6.45, 7) is 9.24. The average molecular weight is 1180 g/mol. The van der Waals surface area contributed by atoms with Crippen LogP contribution >= 0.6 is 0 Å². The van der Waals surface area contributed by atoms with Crippen LogP contribution in [0.25, 0.3) is 0 Å². The van der Waals surface area contributed by atoms with Gasteiger partial charge in [0.25, 0.3) is 0 Å². The highest BCUT2D eigenvalue weighted by Crippen LogP contribution is 2.29. The summed E-state index contributed by atoms with van der Waals surface area (Å²) in [5.41, 5.74) is 0.976. The Balaban J connectivity index is 1.45. The molecule has 0 aliphatic carbocycles. The van der Waals surface area contributed by atoms with Crippen LogP contribution in [-0.4, -0.2) is 159 Å². The zero-order valence-corrected chi connectivity index (χ0v) is 48.7. The number of carbonyl (C=O) groups excluding carboxylic acids is 5. The summed E-state index contributed by atoms with van der Waals surface area (Å²) in [5.74, 6) is -14.7. The lowest BCUT2D eigenvalue weighted by molar-refractivity contribution is -0.145. The molecule has 0 bridgehead atoms. The molecule has 2 rings (SSSR count). The largest absolute Gasteiger partial charge is 0.461 e. The summed E-state index contributed by atoms with van der Waals surface area (Å²) >= 11 is 0. The molecule has 0 aliphatic rings. The molecule has 2 amide bonds. The lowest BCUT2D eigenvalue weighted by Crippen LogP contribution is -2.45. The first-order chi connectivity index (χ1) is 39.9. The maximum atomic E-state index is 13.7. The van der Waals surface area contributed by atoms with Crippen LogP contribution in [0, 0.1) is 29.1 Å². The maximum absolute atomic E-state index is 13.7. The number of ketones is 1. The minimum Gasteiger partial charge on any atom is -0.461 e. The molecule has 22 heteroatoms. The minimum atomic E-state index is -2.36. The summed E-state index contributed by atoms with van der Waals surface area (Å²) in [7, 11) is 0. The van der Waals surface area contributed by atoms with Crippen molar-refractivity contribution >= 4 is 29.5 Å². The van der Waals surface area contributed by atoms with Crippen LogP contribution in [0.3, 0.4) is 0 Å².